The number of aliphatic hydroxyl groups is 1. The van der Waals surface area contributed by atoms with Crippen molar-refractivity contribution in [1.29, 1.82) is 0 Å². The maximum absolute atomic E-state index is 14.7. The van der Waals surface area contributed by atoms with Crippen molar-refractivity contribution in [3.8, 4) is 5.69 Å². The summed E-state index contributed by atoms with van der Waals surface area (Å²) >= 11 is 3.35. The van der Waals surface area contributed by atoms with E-state index in [9.17, 15) is 23.5 Å². The van der Waals surface area contributed by atoms with Gasteiger partial charge in [-0.2, -0.15) is 10.2 Å². The number of halogens is 3. The van der Waals surface area contributed by atoms with E-state index in [-0.39, 0.29) is 18.0 Å². The van der Waals surface area contributed by atoms with E-state index in [1.165, 1.54) is 28.2 Å². The van der Waals surface area contributed by atoms with Gasteiger partial charge in [-0.3, -0.25) is 4.79 Å². The Hall–Kier alpha value is -4.49. The van der Waals surface area contributed by atoms with E-state index in [1.807, 2.05) is 0 Å². The molecular weight excluding hydrogens is 576 g/mol. The Morgan fingerprint density at radius 2 is 1.77 bits per heavy atom. The van der Waals surface area contributed by atoms with Crippen molar-refractivity contribution in [3.05, 3.63) is 123 Å². The minimum atomic E-state index is -2.02. The van der Waals surface area contributed by atoms with Crippen LogP contribution in [0.2, 0.25) is 0 Å². The number of nitrogens with one attached hydrogen (secondary N) is 1. The molecule has 0 bridgehead atoms. The van der Waals surface area contributed by atoms with Crippen LogP contribution in [-0.2, 0) is 18.7 Å². The van der Waals surface area contributed by atoms with Crippen LogP contribution < -0.4 is 11.0 Å². The molecule has 1 atom stereocenters. The third-order valence-corrected chi connectivity index (χ3v) is 6.68. The van der Waals surface area contributed by atoms with E-state index >= 15 is 0 Å². The minimum absolute atomic E-state index is 0.231. The van der Waals surface area contributed by atoms with Crippen molar-refractivity contribution in [3.63, 3.8) is 0 Å². The smallest absolute Gasteiger partial charge is 0.350 e. The molecule has 0 saturated heterocycles. The highest BCUT2D eigenvalue weighted by atomic mass is 79.9. The minimum Gasteiger partial charge on any atom is -0.381 e. The molecule has 0 aliphatic rings. The number of hydrogen-bond donors (Lipinski definition) is 2. The molecular formula is C26H20BrF2N7O3. The molecule has 0 aliphatic heterocycles. The van der Waals surface area contributed by atoms with Crippen LogP contribution in [0.15, 0.2) is 95.0 Å². The van der Waals surface area contributed by atoms with Crippen molar-refractivity contribution < 1.29 is 18.7 Å². The molecule has 1 unspecified atom stereocenters. The third kappa shape index (κ3) is 5.54. The number of aromatic nitrogens is 6. The fourth-order valence-electron chi connectivity index (χ4n) is 4.09. The van der Waals surface area contributed by atoms with E-state index < -0.39 is 29.5 Å². The summed E-state index contributed by atoms with van der Waals surface area (Å²) in [4.78, 5) is 29.6. The van der Waals surface area contributed by atoms with Crippen molar-refractivity contribution in [2.45, 2.75) is 18.7 Å². The number of hydrogen-bond acceptors (Lipinski definition) is 6. The summed E-state index contributed by atoms with van der Waals surface area (Å²) in [5.41, 5.74) is -1.44. The highest BCUT2D eigenvalue weighted by molar-refractivity contribution is 9.10. The summed E-state index contributed by atoms with van der Waals surface area (Å²) < 4.78 is 32.4. The molecule has 5 aromatic rings. The number of carbonyl (C=O) groups is 1. The highest BCUT2D eigenvalue weighted by Gasteiger charge is 2.35. The van der Waals surface area contributed by atoms with Crippen LogP contribution in [0.1, 0.15) is 15.9 Å². The summed E-state index contributed by atoms with van der Waals surface area (Å²) in [6.45, 7) is -0.734. The lowest BCUT2D eigenvalue weighted by atomic mass is 9.93. The van der Waals surface area contributed by atoms with Crippen molar-refractivity contribution in [1.82, 2.24) is 29.1 Å². The van der Waals surface area contributed by atoms with Gasteiger partial charge in [0.25, 0.3) is 5.91 Å². The number of nitrogens with zero attached hydrogens (tertiary/aromatic N) is 6. The van der Waals surface area contributed by atoms with Gasteiger partial charge in [0.05, 0.1) is 24.3 Å². The topological polar surface area (TPSA) is 120 Å². The number of carbonyl (C=O) groups excluding carboxylic acids is 1. The molecule has 2 aromatic heterocycles. The van der Waals surface area contributed by atoms with Crippen LogP contribution in [0.3, 0.4) is 0 Å². The average Bonchev–Trinajstić information content (AvgIpc) is 3.54. The Morgan fingerprint density at radius 3 is 2.46 bits per heavy atom. The second kappa shape index (κ2) is 10.7. The Morgan fingerprint density at radius 1 is 1.00 bits per heavy atom. The fraction of sp³-hybridized carbons (Fsp3) is 0.115. The zero-order valence-corrected chi connectivity index (χ0v) is 21.7. The Labute approximate surface area is 228 Å². The van der Waals surface area contributed by atoms with Gasteiger partial charge >= 0.3 is 5.69 Å². The Balaban J connectivity index is 1.39. The van der Waals surface area contributed by atoms with E-state index in [0.717, 1.165) is 16.8 Å². The van der Waals surface area contributed by atoms with Gasteiger partial charge in [-0.05, 0) is 58.4 Å². The molecule has 1 amide bonds. The van der Waals surface area contributed by atoms with E-state index in [2.05, 4.69) is 36.4 Å². The van der Waals surface area contributed by atoms with Crippen LogP contribution in [0.4, 0.5) is 14.5 Å². The predicted molar refractivity (Wildman–Crippen MR) is 140 cm³/mol. The lowest BCUT2D eigenvalue weighted by molar-refractivity contribution is -0.00948. The average molecular weight is 596 g/mol. The van der Waals surface area contributed by atoms with Gasteiger partial charge in [0, 0.05) is 21.8 Å². The Bertz CT molecular complexity index is 1690. The Kier molecular flexibility index (Phi) is 7.17. The first kappa shape index (κ1) is 26.1. The van der Waals surface area contributed by atoms with E-state index in [0.29, 0.717) is 27.5 Å². The predicted octanol–water partition coefficient (Wildman–Crippen LogP) is 3.51. The van der Waals surface area contributed by atoms with Crippen molar-refractivity contribution >= 4 is 27.5 Å². The second-order valence-corrected chi connectivity index (χ2v) is 9.53. The SMILES string of the molecule is O=C(Nc1ccc(-n2cnn(CC(O)(Cn3cncn3)c3ccc(F)cc3F)c2=O)cc1)c1ccccc1Br. The molecule has 39 heavy (non-hydrogen) atoms. The van der Waals surface area contributed by atoms with E-state index in [4.69, 9.17) is 0 Å². The summed E-state index contributed by atoms with van der Waals surface area (Å²) in [5, 5.41) is 22.3. The lowest BCUT2D eigenvalue weighted by Crippen LogP contribution is -2.41. The molecule has 2 heterocycles. The number of anilines is 1. The molecule has 0 fully saturated rings. The van der Waals surface area contributed by atoms with Crippen molar-refractivity contribution in [2.24, 2.45) is 0 Å². The van der Waals surface area contributed by atoms with Crippen LogP contribution in [0, 0.1) is 11.6 Å². The molecule has 5 rings (SSSR count). The summed E-state index contributed by atoms with van der Waals surface area (Å²) in [7, 11) is 0. The molecule has 0 saturated carbocycles. The van der Waals surface area contributed by atoms with Gasteiger partial charge in [-0.15, -0.1) is 0 Å². The quantitative estimate of drug-likeness (QED) is 0.283. The zero-order chi connectivity index (χ0) is 27.6. The first-order chi connectivity index (χ1) is 18.7. The van der Waals surface area contributed by atoms with Gasteiger partial charge in [-0.25, -0.2) is 32.5 Å². The number of amides is 1. The normalized spacial score (nSPS) is 12.7. The van der Waals surface area contributed by atoms with Crippen LogP contribution >= 0.6 is 15.9 Å². The van der Waals surface area contributed by atoms with Gasteiger partial charge in [0.15, 0.2) is 0 Å². The molecule has 2 N–H and O–H groups in total. The molecule has 3 aromatic carbocycles. The molecule has 13 heteroatoms. The zero-order valence-electron chi connectivity index (χ0n) is 20.1. The highest BCUT2D eigenvalue weighted by Crippen LogP contribution is 2.28. The van der Waals surface area contributed by atoms with Gasteiger partial charge in [-0.1, -0.05) is 18.2 Å². The standard InChI is InChI=1S/C26H20BrF2N7O3/c27-22-4-2-1-3-20(22)24(37)33-18-6-8-19(9-7-18)35-16-32-36(25(35)38)13-26(39,12-34-15-30-14-31-34)21-10-5-17(28)11-23(21)29/h1-11,14-16,39H,12-13H2,(H,33,37). The number of benzene rings is 3. The molecule has 0 spiro atoms. The van der Waals surface area contributed by atoms with Gasteiger partial charge in [0.1, 0.15) is 36.2 Å². The first-order valence-electron chi connectivity index (χ1n) is 11.5. The van der Waals surface area contributed by atoms with Crippen LogP contribution in [0.5, 0.6) is 0 Å². The fourth-order valence-corrected chi connectivity index (χ4v) is 4.55. The molecule has 0 radical (unpaired) electrons. The summed E-state index contributed by atoms with van der Waals surface area (Å²) in [5.74, 6) is -2.10. The van der Waals surface area contributed by atoms with E-state index in [1.54, 1.807) is 48.5 Å². The lowest BCUT2D eigenvalue weighted by Gasteiger charge is -2.28. The van der Waals surface area contributed by atoms with Crippen LogP contribution in [0.25, 0.3) is 5.69 Å². The summed E-state index contributed by atoms with van der Waals surface area (Å²) in [6.07, 6.45) is 3.83. The largest absolute Gasteiger partial charge is 0.381 e. The summed E-state index contributed by atoms with van der Waals surface area (Å²) in [6, 6.07) is 16.3. The second-order valence-electron chi connectivity index (χ2n) is 8.67. The maximum atomic E-state index is 14.7. The maximum Gasteiger partial charge on any atom is 0.350 e. The van der Waals surface area contributed by atoms with Gasteiger partial charge < -0.3 is 10.4 Å². The molecule has 0 aliphatic carbocycles. The van der Waals surface area contributed by atoms with Crippen LogP contribution in [-0.4, -0.2) is 40.1 Å². The molecule has 10 nitrogen and oxygen atoms in total. The third-order valence-electron chi connectivity index (χ3n) is 5.99. The first-order valence-corrected chi connectivity index (χ1v) is 12.3. The van der Waals surface area contributed by atoms with Crippen molar-refractivity contribution in [2.75, 3.05) is 5.32 Å². The molecule has 198 valence electrons. The monoisotopic (exact) mass is 595 g/mol. The van der Waals surface area contributed by atoms with Gasteiger partial charge in [0.2, 0.25) is 0 Å². The number of rotatable bonds is 8.